The van der Waals surface area contributed by atoms with Gasteiger partial charge in [0, 0.05) is 5.56 Å². The van der Waals surface area contributed by atoms with E-state index in [0.29, 0.717) is 5.56 Å². The molecule has 29 heavy (non-hydrogen) atoms. The first kappa shape index (κ1) is 21.0. The quantitative estimate of drug-likeness (QED) is 0.555. The van der Waals surface area contributed by atoms with E-state index in [0.717, 1.165) is 18.2 Å². The van der Waals surface area contributed by atoms with Crippen LogP contribution in [0.25, 0.3) is 0 Å². The molecule has 0 radical (unpaired) electrons. The van der Waals surface area contributed by atoms with Gasteiger partial charge in [-0.1, -0.05) is 30.3 Å². The summed E-state index contributed by atoms with van der Waals surface area (Å²) in [6.07, 6.45) is -4.22. The van der Waals surface area contributed by atoms with E-state index in [9.17, 15) is 31.5 Å². The molecule has 3 nitrogen and oxygen atoms in total. The van der Waals surface area contributed by atoms with Crippen LogP contribution in [0.3, 0.4) is 0 Å². The molecule has 1 N–H and O–H groups in total. The summed E-state index contributed by atoms with van der Waals surface area (Å²) in [6.45, 7) is 2.75. The lowest BCUT2D eigenvalue weighted by Crippen LogP contribution is -2.50. The molecule has 0 unspecified atom stereocenters. The predicted octanol–water partition coefficient (Wildman–Crippen LogP) is 5.02. The minimum atomic E-state index is -4.24. The summed E-state index contributed by atoms with van der Waals surface area (Å²) in [5.41, 5.74) is -1.64. The Labute approximate surface area is 163 Å². The summed E-state index contributed by atoms with van der Waals surface area (Å²) < 4.78 is 65.7. The van der Waals surface area contributed by atoms with E-state index >= 15 is 0 Å². The number of rotatable bonds is 5. The van der Waals surface area contributed by atoms with E-state index in [4.69, 9.17) is 0 Å². The average molecular weight is 411 g/mol. The van der Waals surface area contributed by atoms with Crippen molar-refractivity contribution in [3.63, 3.8) is 0 Å². The Kier molecular flexibility index (Phi) is 5.23. The van der Waals surface area contributed by atoms with Gasteiger partial charge in [0.1, 0.15) is 17.2 Å². The number of nitrogens with one attached hydrogen (secondary N) is 1. The van der Waals surface area contributed by atoms with Crippen molar-refractivity contribution in [3.8, 4) is 0 Å². The number of carbonyl (C=O) groups excluding carboxylic acids is 2. The third kappa shape index (κ3) is 4.31. The molecule has 3 rings (SSSR count). The summed E-state index contributed by atoms with van der Waals surface area (Å²) in [5, 5.41) is 2.31. The van der Waals surface area contributed by atoms with Crippen molar-refractivity contribution in [1.82, 2.24) is 5.32 Å². The molecule has 2 atom stereocenters. The van der Waals surface area contributed by atoms with E-state index in [1.54, 1.807) is 0 Å². The molecule has 2 aromatic rings. The second-order valence-electron chi connectivity index (χ2n) is 7.62. The minimum absolute atomic E-state index is 0.0204. The molecule has 0 bridgehead atoms. The van der Waals surface area contributed by atoms with Gasteiger partial charge in [0.05, 0.1) is 11.5 Å². The monoisotopic (exact) mass is 411 g/mol. The van der Waals surface area contributed by atoms with Gasteiger partial charge in [-0.2, -0.15) is 13.2 Å². The van der Waals surface area contributed by atoms with Crippen LogP contribution >= 0.6 is 0 Å². The van der Waals surface area contributed by atoms with Crippen LogP contribution < -0.4 is 5.32 Å². The molecular formula is C21H18F5NO2. The number of Topliss-reactive ketones (excluding diaryl/α,β-unsaturated/α-hetero) is 1. The first-order valence-corrected chi connectivity index (χ1v) is 8.90. The van der Waals surface area contributed by atoms with Gasteiger partial charge in [0.2, 0.25) is 0 Å². The Morgan fingerprint density at radius 1 is 0.966 bits per heavy atom. The lowest BCUT2D eigenvalue weighted by atomic mass is 9.91. The Morgan fingerprint density at radius 3 is 2.00 bits per heavy atom. The zero-order chi connectivity index (χ0) is 21.6. The van der Waals surface area contributed by atoms with Crippen molar-refractivity contribution in [1.29, 1.82) is 0 Å². The molecule has 1 fully saturated rings. The van der Waals surface area contributed by atoms with Gasteiger partial charge >= 0.3 is 6.18 Å². The fourth-order valence-corrected chi connectivity index (χ4v) is 3.29. The van der Waals surface area contributed by atoms with Gasteiger partial charge in [-0.25, -0.2) is 8.78 Å². The van der Waals surface area contributed by atoms with Crippen molar-refractivity contribution in [2.45, 2.75) is 37.9 Å². The predicted molar refractivity (Wildman–Crippen MR) is 95.6 cm³/mol. The highest BCUT2D eigenvalue weighted by Gasteiger charge is 2.56. The number of hydrogen-bond donors (Lipinski definition) is 1. The Hall–Kier alpha value is -2.77. The van der Waals surface area contributed by atoms with Gasteiger partial charge in [-0.05, 0) is 43.9 Å². The van der Waals surface area contributed by atoms with E-state index in [1.165, 1.54) is 38.1 Å². The van der Waals surface area contributed by atoms with E-state index in [2.05, 4.69) is 5.32 Å². The summed E-state index contributed by atoms with van der Waals surface area (Å²) in [4.78, 5) is 25.0. The van der Waals surface area contributed by atoms with Crippen LogP contribution in [0, 0.1) is 17.6 Å². The smallest absolute Gasteiger partial charge is 0.340 e. The van der Waals surface area contributed by atoms with Crippen LogP contribution in [0.15, 0.2) is 42.5 Å². The molecule has 1 aliphatic carbocycles. The van der Waals surface area contributed by atoms with E-state index < -0.39 is 52.4 Å². The fourth-order valence-electron chi connectivity index (χ4n) is 3.29. The van der Waals surface area contributed by atoms with Crippen molar-refractivity contribution in [2.75, 3.05) is 0 Å². The highest BCUT2D eigenvalue weighted by Crippen LogP contribution is 2.56. The standard InChI is InChI=1S/C21H18F5NO2/c1-20(2,27-19(29)17-15(22)4-3-5-16(17)23)18(28)12-8-6-11(7-9-12)13-10-14(13)21(24,25)26/h3-9,13-14H,10H2,1-2H3,(H,27,29)/t13-,14+/m0/s1. The Morgan fingerprint density at radius 2 is 1.52 bits per heavy atom. The topological polar surface area (TPSA) is 46.2 Å². The molecule has 0 spiro atoms. The number of benzene rings is 2. The highest BCUT2D eigenvalue weighted by molar-refractivity contribution is 6.06. The lowest BCUT2D eigenvalue weighted by molar-refractivity contribution is -0.148. The Balaban J connectivity index is 1.73. The van der Waals surface area contributed by atoms with Crippen molar-refractivity contribution < 1.29 is 31.5 Å². The molecule has 8 heteroatoms. The maximum absolute atomic E-state index is 13.8. The van der Waals surface area contributed by atoms with Crippen molar-refractivity contribution in [2.24, 2.45) is 5.92 Å². The van der Waals surface area contributed by atoms with E-state index in [-0.39, 0.29) is 12.0 Å². The van der Waals surface area contributed by atoms with Crippen molar-refractivity contribution >= 4 is 11.7 Å². The zero-order valence-corrected chi connectivity index (χ0v) is 15.6. The molecule has 154 valence electrons. The molecular weight excluding hydrogens is 393 g/mol. The fraction of sp³-hybridized carbons (Fsp3) is 0.333. The Bertz CT molecular complexity index is 930. The van der Waals surface area contributed by atoms with Gasteiger partial charge in [-0.3, -0.25) is 9.59 Å². The maximum Gasteiger partial charge on any atom is 0.392 e. The molecule has 0 saturated heterocycles. The summed E-state index contributed by atoms with van der Waals surface area (Å²) in [6, 6.07) is 8.66. The number of hydrogen-bond acceptors (Lipinski definition) is 2. The summed E-state index contributed by atoms with van der Waals surface area (Å²) in [7, 11) is 0. The van der Waals surface area contributed by atoms with Gasteiger partial charge < -0.3 is 5.32 Å². The molecule has 1 aliphatic rings. The highest BCUT2D eigenvalue weighted by atomic mass is 19.4. The van der Waals surface area contributed by atoms with Crippen LogP contribution in [0.1, 0.15) is 52.5 Å². The molecule has 1 amide bonds. The van der Waals surface area contributed by atoms with Crippen LogP contribution in [-0.4, -0.2) is 23.4 Å². The number of amides is 1. The van der Waals surface area contributed by atoms with Crippen molar-refractivity contribution in [3.05, 3.63) is 70.8 Å². The molecule has 1 saturated carbocycles. The third-order valence-corrected chi connectivity index (χ3v) is 5.00. The molecule has 2 aromatic carbocycles. The largest absolute Gasteiger partial charge is 0.392 e. The zero-order valence-electron chi connectivity index (χ0n) is 15.6. The molecule has 0 aliphatic heterocycles. The molecule has 0 heterocycles. The number of ketones is 1. The number of halogens is 5. The number of carbonyl (C=O) groups is 2. The van der Waals surface area contributed by atoms with Crippen LogP contribution in [0.5, 0.6) is 0 Å². The third-order valence-electron chi connectivity index (χ3n) is 5.00. The van der Waals surface area contributed by atoms with Crippen LogP contribution in [0.2, 0.25) is 0 Å². The first-order valence-electron chi connectivity index (χ1n) is 8.90. The maximum atomic E-state index is 13.8. The number of alkyl halides is 3. The van der Waals surface area contributed by atoms with Crippen LogP contribution in [-0.2, 0) is 0 Å². The first-order chi connectivity index (χ1) is 13.4. The second-order valence-corrected chi connectivity index (χ2v) is 7.62. The second kappa shape index (κ2) is 7.24. The lowest BCUT2D eigenvalue weighted by Gasteiger charge is -2.25. The normalized spacial score (nSPS) is 19.0. The minimum Gasteiger partial charge on any atom is -0.340 e. The average Bonchev–Trinajstić information content (AvgIpc) is 3.42. The van der Waals surface area contributed by atoms with Gasteiger partial charge in [-0.15, -0.1) is 0 Å². The van der Waals surface area contributed by atoms with Gasteiger partial charge in [0.15, 0.2) is 5.78 Å². The SMILES string of the molecule is CC(C)(NC(=O)c1c(F)cccc1F)C(=O)c1ccc([C@@H]2C[C@H]2C(F)(F)F)cc1. The van der Waals surface area contributed by atoms with E-state index in [1.807, 2.05) is 0 Å². The molecule has 0 aromatic heterocycles. The van der Waals surface area contributed by atoms with Gasteiger partial charge in [0.25, 0.3) is 5.91 Å². The summed E-state index contributed by atoms with van der Waals surface area (Å²) in [5.74, 6) is -5.72. The van der Waals surface area contributed by atoms with Crippen LogP contribution in [0.4, 0.5) is 22.0 Å². The summed E-state index contributed by atoms with van der Waals surface area (Å²) >= 11 is 0.